The Morgan fingerprint density at radius 3 is 2.54 bits per heavy atom. The normalized spacial score (nSPS) is 16.3. The molecule has 4 rings (SSSR count). The van der Waals surface area contributed by atoms with Crippen LogP contribution in [0.25, 0.3) is 16.8 Å². The molecule has 7 heteroatoms. The van der Waals surface area contributed by atoms with Crippen molar-refractivity contribution in [3.8, 4) is 11.5 Å². The Balaban J connectivity index is 1.61. The summed E-state index contributed by atoms with van der Waals surface area (Å²) < 4.78 is 12.6. The van der Waals surface area contributed by atoms with E-state index in [9.17, 15) is 4.79 Å². The summed E-state index contributed by atoms with van der Waals surface area (Å²) in [4.78, 5) is 20.1. The summed E-state index contributed by atoms with van der Waals surface area (Å²) in [5, 5.41) is 3.08. The summed E-state index contributed by atoms with van der Waals surface area (Å²) in [5.74, 6) is 1.19. The van der Waals surface area contributed by atoms with Gasteiger partial charge in [-0.05, 0) is 95.5 Å². The number of ether oxygens (including phenoxy) is 2. The number of thioether (sulfide) groups is 1. The third-order valence-electron chi connectivity index (χ3n) is 5.52. The number of hydrogen-bond acceptors (Lipinski definition) is 5. The van der Waals surface area contributed by atoms with Crippen LogP contribution in [-0.4, -0.2) is 35.2 Å². The van der Waals surface area contributed by atoms with Gasteiger partial charge >= 0.3 is 0 Å². The van der Waals surface area contributed by atoms with Gasteiger partial charge in [-0.15, -0.1) is 0 Å². The Kier molecular flexibility index (Phi) is 7.87. The zero-order valence-electron chi connectivity index (χ0n) is 20.5. The lowest BCUT2D eigenvalue weighted by molar-refractivity contribution is -0.123. The van der Waals surface area contributed by atoms with Gasteiger partial charge in [-0.25, -0.2) is 0 Å². The first kappa shape index (κ1) is 25.3. The third kappa shape index (κ3) is 5.57. The Labute approximate surface area is 219 Å². The maximum absolute atomic E-state index is 13.1. The predicted molar refractivity (Wildman–Crippen MR) is 149 cm³/mol. The van der Waals surface area contributed by atoms with Gasteiger partial charge in [-0.2, -0.15) is 0 Å². The first-order chi connectivity index (χ1) is 16.8. The second-order valence-corrected chi connectivity index (χ2v) is 10.7. The van der Waals surface area contributed by atoms with E-state index >= 15 is 0 Å². The van der Waals surface area contributed by atoms with E-state index in [1.54, 1.807) is 12.0 Å². The van der Waals surface area contributed by atoms with E-state index in [0.717, 1.165) is 26.2 Å². The molecule has 1 heterocycles. The van der Waals surface area contributed by atoms with Crippen molar-refractivity contribution in [2.75, 3.05) is 7.11 Å². The molecule has 0 bridgehead atoms. The van der Waals surface area contributed by atoms with E-state index in [1.165, 1.54) is 17.1 Å². The topological polar surface area (TPSA) is 51.1 Å². The molecule has 3 aromatic rings. The fraction of sp³-hybridized carbons (Fsp3) is 0.286. The number of carbonyl (C=O) groups is 1. The lowest BCUT2D eigenvalue weighted by Gasteiger charge is -2.20. The minimum Gasteiger partial charge on any atom is -0.493 e. The van der Waals surface area contributed by atoms with Crippen LogP contribution in [0.2, 0.25) is 0 Å². The highest BCUT2D eigenvalue weighted by molar-refractivity contribution is 9.10. The second kappa shape index (κ2) is 10.9. The Hall–Kier alpha value is -2.77. The average molecular weight is 554 g/mol. The van der Waals surface area contributed by atoms with Crippen LogP contribution in [0, 0.1) is 0 Å². The van der Waals surface area contributed by atoms with Crippen molar-refractivity contribution >= 4 is 55.6 Å². The average Bonchev–Trinajstić information content (AvgIpc) is 3.11. The van der Waals surface area contributed by atoms with Crippen molar-refractivity contribution in [1.82, 2.24) is 4.90 Å². The molecule has 1 amide bonds. The summed E-state index contributed by atoms with van der Waals surface area (Å²) >= 11 is 5.06. The number of rotatable bonds is 7. The minimum absolute atomic E-state index is 0.0317. The highest BCUT2D eigenvalue weighted by Crippen LogP contribution is 2.40. The van der Waals surface area contributed by atoms with Gasteiger partial charge in [0.2, 0.25) is 0 Å². The maximum atomic E-state index is 13.1. The molecule has 0 saturated carbocycles. The van der Waals surface area contributed by atoms with Gasteiger partial charge < -0.3 is 9.47 Å². The number of methoxy groups -OCH3 is 1. The van der Waals surface area contributed by atoms with Crippen LogP contribution in [0.15, 0.2) is 69.0 Å². The molecule has 1 aliphatic heterocycles. The van der Waals surface area contributed by atoms with Gasteiger partial charge in [-0.1, -0.05) is 42.5 Å². The van der Waals surface area contributed by atoms with Crippen LogP contribution in [-0.2, 0) is 11.4 Å². The summed E-state index contributed by atoms with van der Waals surface area (Å²) in [6.07, 6.45) is 1.88. The number of fused-ring (bicyclic) bond motifs is 1. The molecule has 0 aromatic heterocycles. The highest BCUT2D eigenvalue weighted by Gasteiger charge is 2.35. The van der Waals surface area contributed by atoms with E-state index < -0.39 is 0 Å². The number of hydrogen-bond donors (Lipinski definition) is 0. The van der Waals surface area contributed by atoms with Crippen molar-refractivity contribution < 1.29 is 14.3 Å². The highest BCUT2D eigenvalue weighted by atomic mass is 79.9. The largest absolute Gasteiger partial charge is 0.493 e. The first-order valence-electron chi connectivity index (χ1n) is 11.6. The van der Waals surface area contributed by atoms with Crippen LogP contribution in [0.5, 0.6) is 11.5 Å². The molecular formula is C28H29BrN2O3S. The van der Waals surface area contributed by atoms with Crippen LogP contribution in [0.1, 0.15) is 38.8 Å². The molecule has 0 atom stereocenters. The zero-order chi connectivity index (χ0) is 25.1. The molecule has 1 fully saturated rings. The van der Waals surface area contributed by atoms with Crippen LogP contribution in [0.3, 0.4) is 0 Å². The van der Waals surface area contributed by atoms with E-state index in [-0.39, 0.29) is 18.0 Å². The monoisotopic (exact) mass is 552 g/mol. The van der Waals surface area contributed by atoms with E-state index in [1.807, 2.05) is 64.1 Å². The van der Waals surface area contributed by atoms with E-state index in [2.05, 4.69) is 45.2 Å². The Morgan fingerprint density at radius 1 is 1.09 bits per heavy atom. The summed E-state index contributed by atoms with van der Waals surface area (Å²) in [6.45, 7) is 8.43. The molecule has 0 spiro atoms. The van der Waals surface area contributed by atoms with Crippen LogP contribution < -0.4 is 9.47 Å². The number of halogens is 1. The fourth-order valence-electron chi connectivity index (χ4n) is 3.94. The Bertz CT molecular complexity index is 1310. The molecule has 1 saturated heterocycles. The van der Waals surface area contributed by atoms with Crippen LogP contribution >= 0.6 is 27.7 Å². The van der Waals surface area contributed by atoms with E-state index in [4.69, 9.17) is 9.47 Å². The molecule has 0 N–H and O–H groups in total. The molecule has 1 aliphatic rings. The third-order valence-corrected chi connectivity index (χ3v) is 7.11. The van der Waals surface area contributed by atoms with Crippen molar-refractivity contribution in [1.29, 1.82) is 0 Å². The van der Waals surface area contributed by atoms with Gasteiger partial charge in [-0.3, -0.25) is 14.7 Å². The van der Waals surface area contributed by atoms with Crippen molar-refractivity contribution in [3.05, 3.63) is 75.1 Å². The number of amidine groups is 1. The smallest absolute Gasteiger partial charge is 0.266 e. The van der Waals surface area contributed by atoms with Gasteiger partial charge in [0.1, 0.15) is 6.61 Å². The SMILES string of the molecule is COc1cc(/C=C2\SC(=NC(C)C)N(C(C)C)C2=O)cc(Br)c1OCc1cccc2ccccc12. The van der Waals surface area contributed by atoms with Gasteiger partial charge in [0, 0.05) is 12.1 Å². The molecule has 5 nitrogen and oxygen atoms in total. The summed E-state index contributed by atoms with van der Waals surface area (Å²) in [6, 6.07) is 18.4. The predicted octanol–water partition coefficient (Wildman–Crippen LogP) is 7.28. The minimum atomic E-state index is -0.0317. The maximum Gasteiger partial charge on any atom is 0.266 e. The number of carbonyl (C=O) groups excluding carboxylic acids is 1. The second-order valence-electron chi connectivity index (χ2n) is 8.85. The van der Waals surface area contributed by atoms with Crippen molar-refractivity contribution in [3.63, 3.8) is 0 Å². The first-order valence-corrected chi connectivity index (χ1v) is 13.2. The molecule has 0 unspecified atom stereocenters. The van der Waals surface area contributed by atoms with Gasteiger partial charge in [0.05, 0.1) is 16.5 Å². The Morgan fingerprint density at radius 2 is 1.83 bits per heavy atom. The number of amides is 1. The molecule has 0 radical (unpaired) electrons. The quantitative estimate of drug-likeness (QED) is 0.289. The molecule has 0 aliphatic carbocycles. The lowest BCUT2D eigenvalue weighted by Crippen LogP contribution is -2.35. The molecular weight excluding hydrogens is 524 g/mol. The zero-order valence-corrected chi connectivity index (χ0v) is 22.9. The molecule has 35 heavy (non-hydrogen) atoms. The van der Waals surface area contributed by atoms with Crippen molar-refractivity contribution in [2.24, 2.45) is 4.99 Å². The lowest BCUT2D eigenvalue weighted by atomic mass is 10.1. The number of aliphatic imine (C=N–C) groups is 1. The summed E-state index contributed by atoms with van der Waals surface area (Å²) in [5.41, 5.74) is 1.94. The fourth-order valence-corrected chi connectivity index (χ4v) is 5.74. The van der Waals surface area contributed by atoms with Gasteiger partial charge in [0.25, 0.3) is 5.91 Å². The summed E-state index contributed by atoms with van der Waals surface area (Å²) in [7, 11) is 1.62. The van der Waals surface area contributed by atoms with Crippen molar-refractivity contribution in [2.45, 2.75) is 46.4 Å². The number of benzene rings is 3. The van der Waals surface area contributed by atoms with Crippen LogP contribution in [0.4, 0.5) is 0 Å². The van der Waals surface area contributed by atoms with E-state index in [0.29, 0.717) is 23.0 Å². The van der Waals surface area contributed by atoms with Gasteiger partial charge in [0.15, 0.2) is 16.7 Å². The molecule has 3 aromatic carbocycles. The standard InChI is InChI=1S/C28H29BrN2O3S/c1-17(2)30-28-31(18(3)4)27(32)25(35-28)15-19-13-23(29)26(24(14-19)33-5)34-16-21-11-8-10-20-9-6-7-12-22(20)21/h6-15,17-18H,16H2,1-5H3/b25-15-,30-28?. The number of nitrogens with zero attached hydrogens (tertiary/aromatic N) is 2. The molecule has 182 valence electrons.